The minimum absolute atomic E-state index is 0.0543. The predicted molar refractivity (Wildman–Crippen MR) is 101 cm³/mol. The van der Waals surface area contributed by atoms with E-state index >= 15 is 0 Å². The summed E-state index contributed by atoms with van der Waals surface area (Å²) in [5.41, 5.74) is 2.05. The molecule has 0 aliphatic carbocycles. The normalized spacial score (nSPS) is 16.7. The number of alkyl halides is 3. The van der Waals surface area contributed by atoms with Crippen molar-refractivity contribution in [3.63, 3.8) is 0 Å². The Morgan fingerprint density at radius 2 is 1.97 bits per heavy atom. The molecule has 6 nitrogen and oxygen atoms in total. The summed E-state index contributed by atoms with van der Waals surface area (Å²) in [7, 11) is 0. The Bertz CT molecular complexity index is 1050. The van der Waals surface area contributed by atoms with Gasteiger partial charge in [0.2, 0.25) is 5.82 Å². The zero-order valence-corrected chi connectivity index (χ0v) is 16.0. The first-order chi connectivity index (χ1) is 14.3. The van der Waals surface area contributed by atoms with Gasteiger partial charge in [0.1, 0.15) is 11.9 Å². The Balaban J connectivity index is 1.42. The highest BCUT2D eigenvalue weighted by Crippen LogP contribution is 2.30. The highest BCUT2D eigenvalue weighted by atomic mass is 19.4. The van der Waals surface area contributed by atoms with Crippen LogP contribution in [0.5, 0.6) is 5.75 Å². The third-order valence-electron chi connectivity index (χ3n) is 4.79. The fourth-order valence-corrected chi connectivity index (χ4v) is 3.24. The van der Waals surface area contributed by atoms with Crippen LogP contribution in [-0.2, 0) is 6.18 Å². The van der Waals surface area contributed by atoms with E-state index in [1.165, 1.54) is 0 Å². The Hall–Kier alpha value is -3.36. The lowest BCUT2D eigenvalue weighted by Crippen LogP contribution is -2.30. The van der Waals surface area contributed by atoms with Crippen molar-refractivity contribution in [1.82, 2.24) is 15.0 Å². The van der Waals surface area contributed by atoms with Crippen LogP contribution in [0, 0.1) is 6.92 Å². The van der Waals surface area contributed by atoms with Gasteiger partial charge < -0.3 is 14.2 Å². The van der Waals surface area contributed by atoms with Crippen molar-refractivity contribution in [2.24, 2.45) is 0 Å². The molecule has 1 aliphatic rings. The van der Waals surface area contributed by atoms with Crippen LogP contribution in [0.3, 0.4) is 0 Å². The molecule has 1 saturated heterocycles. The van der Waals surface area contributed by atoms with E-state index in [9.17, 15) is 18.0 Å². The topological polar surface area (TPSA) is 68.5 Å². The standard InChI is InChI=1S/C21H18F3N3O3/c1-13-5-7-14(8-6-13)19(28)27-10-9-17(12-27)29-16-4-2-3-15(11-16)18-25-20(30-26-18)21(22,23)24/h2-8,11,17H,9-10,12H2,1H3/t17-/m1/s1. The molecule has 2 heterocycles. The second-order valence-corrected chi connectivity index (χ2v) is 7.09. The van der Waals surface area contributed by atoms with Gasteiger partial charge in [-0.2, -0.15) is 18.2 Å². The SMILES string of the molecule is Cc1ccc(C(=O)N2CC[C@@H](Oc3cccc(-c4noc(C(F)(F)F)n4)c3)C2)cc1. The average molecular weight is 417 g/mol. The number of likely N-dealkylation sites (tertiary alicyclic amines) is 1. The number of rotatable bonds is 4. The average Bonchev–Trinajstić information content (AvgIpc) is 3.38. The van der Waals surface area contributed by atoms with Gasteiger partial charge in [-0.15, -0.1) is 0 Å². The van der Waals surface area contributed by atoms with Crippen LogP contribution in [0.1, 0.15) is 28.2 Å². The molecule has 1 aromatic heterocycles. The first kappa shape index (κ1) is 19.9. The molecule has 1 aliphatic heterocycles. The number of benzene rings is 2. The maximum absolute atomic E-state index is 12.7. The quantitative estimate of drug-likeness (QED) is 0.631. The molecule has 4 rings (SSSR count). The van der Waals surface area contributed by atoms with E-state index in [-0.39, 0.29) is 17.8 Å². The molecule has 0 spiro atoms. The molecule has 0 unspecified atom stereocenters. The van der Waals surface area contributed by atoms with E-state index in [0.29, 0.717) is 36.4 Å². The number of carbonyl (C=O) groups is 1. The summed E-state index contributed by atoms with van der Waals surface area (Å²) in [6.45, 7) is 2.95. The highest BCUT2D eigenvalue weighted by Gasteiger charge is 2.38. The van der Waals surface area contributed by atoms with Crippen LogP contribution in [-0.4, -0.2) is 40.1 Å². The molecule has 30 heavy (non-hydrogen) atoms. The number of hydrogen-bond acceptors (Lipinski definition) is 5. The lowest BCUT2D eigenvalue weighted by atomic mass is 10.1. The zero-order chi connectivity index (χ0) is 21.3. The van der Waals surface area contributed by atoms with E-state index in [2.05, 4.69) is 14.7 Å². The molecule has 0 radical (unpaired) electrons. The lowest BCUT2D eigenvalue weighted by Gasteiger charge is -2.17. The van der Waals surface area contributed by atoms with Crippen LogP contribution in [0.25, 0.3) is 11.4 Å². The number of halogens is 3. The van der Waals surface area contributed by atoms with Crippen LogP contribution in [0.15, 0.2) is 53.1 Å². The fourth-order valence-electron chi connectivity index (χ4n) is 3.24. The molecule has 0 saturated carbocycles. The molecule has 0 N–H and O–H groups in total. The van der Waals surface area contributed by atoms with Crippen molar-refractivity contribution in [3.05, 3.63) is 65.5 Å². The molecule has 0 bridgehead atoms. The Kier molecular flexibility index (Phi) is 5.19. The van der Waals surface area contributed by atoms with Crippen LogP contribution in [0.2, 0.25) is 0 Å². The summed E-state index contributed by atoms with van der Waals surface area (Å²) in [6.07, 6.45) is -4.26. The van der Waals surface area contributed by atoms with E-state index in [1.54, 1.807) is 41.3 Å². The smallest absolute Gasteiger partial charge is 0.471 e. The molecule has 1 atom stereocenters. The Labute approximate surface area is 170 Å². The fraction of sp³-hybridized carbons (Fsp3) is 0.286. The van der Waals surface area contributed by atoms with E-state index in [0.717, 1.165) is 5.56 Å². The number of hydrogen-bond donors (Lipinski definition) is 0. The first-order valence-corrected chi connectivity index (χ1v) is 9.33. The second kappa shape index (κ2) is 7.81. The Morgan fingerprint density at radius 3 is 2.67 bits per heavy atom. The van der Waals surface area contributed by atoms with E-state index in [1.807, 2.05) is 19.1 Å². The summed E-state index contributed by atoms with van der Waals surface area (Å²) in [5.74, 6) is -1.16. The van der Waals surface area contributed by atoms with Crippen molar-refractivity contribution in [3.8, 4) is 17.1 Å². The number of amides is 1. The summed E-state index contributed by atoms with van der Waals surface area (Å²) in [4.78, 5) is 17.7. The third kappa shape index (κ3) is 4.29. The van der Waals surface area contributed by atoms with Gasteiger partial charge in [-0.05, 0) is 31.2 Å². The number of aryl methyl sites for hydroxylation is 1. The predicted octanol–water partition coefficient (Wildman–Crippen LogP) is 4.36. The minimum atomic E-state index is -4.70. The van der Waals surface area contributed by atoms with E-state index < -0.39 is 12.1 Å². The summed E-state index contributed by atoms with van der Waals surface area (Å²) >= 11 is 0. The molecule has 9 heteroatoms. The molecule has 1 amide bonds. The van der Waals surface area contributed by atoms with Gasteiger partial charge in [0.05, 0.1) is 6.54 Å². The largest absolute Gasteiger partial charge is 0.488 e. The maximum atomic E-state index is 12.7. The van der Waals surface area contributed by atoms with Crippen LogP contribution in [0.4, 0.5) is 13.2 Å². The van der Waals surface area contributed by atoms with Crippen molar-refractivity contribution in [2.45, 2.75) is 25.6 Å². The summed E-state index contributed by atoms with van der Waals surface area (Å²) in [5, 5.41) is 3.39. The van der Waals surface area contributed by atoms with Crippen LogP contribution >= 0.6 is 0 Å². The van der Waals surface area contributed by atoms with Crippen molar-refractivity contribution in [2.75, 3.05) is 13.1 Å². The van der Waals surface area contributed by atoms with Gasteiger partial charge in [-0.1, -0.05) is 35.0 Å². The monoisotopic (exact) mass is 417 g/mol. The molecular weight excluding hydrogens is 399 g/mol. The lowest BCUT2D eigenvalue weighted by molar-refractivity contribution is -0.159. The van der Waals surface area contributed by atoms with Crippen molar-refractivity contribution < 1.29 is 27.2 Å². The van der Waals surface area contributed by atoms with Gasteiger partial charge in [0.25, 0.3) is 5.91 Å². The van der Waals surface area contributed by atoms with E-state index in [4.69, 9.17) is 4.74 Å². The van der Waals surface area contributed by atoms with Gasteiger partial charge >= 0.3 is 12.1 Å². The second-order valence-electron chi connectivity index (χ2n) is 7.09. The molecule has 3 aromatic rings. The maximum Gasteiger partial charge on any atom is 0.471 e. The van der Waals surface area contributed by atoms with Gasteiger partial charge in [-0.25, -0.2) is 0 Å². The third-order valence-corrected chi connectivity index (χ3v) is 4.79. The highest BCUT2D eigenvalue weighted by molar-refractivity contribution is 5.94. The van der Waals surface area contributed by atoms with Crippen molar-refractivity contribution in [1.29, 1.82) is 0 Å². The number of ether oxygens (including phenoxy) is 1. The summed E-state index contributed by atoms with van der Waals surface area (Å²) in [6, 6.07) is 13.8. The van der Waals surface area contributed by atoms with Crippen molar-refractivity contribution >= 4 is 5.91 Å². The molecule has 2 aromatic carbocycles. The van der Waals surface area contributed by atoms with Gasteiger partial charge in [0, 0.05) is 24.1 Å². The number of aromatic nitrogens is 2. The van der Waals surface area contributed by atoms with Gasteiger partial charge in [0.15, 0.2) is 0 Å². The molecule has 1 fully saturated rings. The minimum Gasteiger partial charge on any atom is -0.488 e. The van der Waals surface area contributed by atoms with Crippen LogP contribution < -0.4 is 4.74 Å². The zero-order valence-electron chi connectivity index (χ0n) is 16.0. The van der Waals surface area contributed by atoms with Gasteiger partial charge in [-0.3, -0.25) is 4.79 Å². The first-order valence-electron chi connectivity index (χ1n) is 9.33. The number of carbonyl (C=O) groups excluding carboxylic acids is 1. The molecule has 156 valence electrons. The number of nitrogens with zero attached hydrogens (tertiary/aromatic N) is 3. The molecular formula is C21H18F3N3O3. The summed E-state index contributed by atoms with van der Waals surface area (Å²) < 4.78 is 48.2. The Morgan fingerprint density at radius 1 is 1.20 bits per heavy atom.